The molecule has 0 aliphatic heterocycles. The Hall–Kier alpha value is -2.24. The zero-order valence-electron chi connectivity index (χ0n) is 15.0. The van der Waals surface area contributed by atoms with E-state index in [2.05, 4.69) is 5.32 Å². The number of hydrogen-bond donors (Lipinski definition) is 2. The topological polar surface area (TPSA) is 73.6 Å². The number of hydrogen-bond acceptors (Lipinski definition) is 4. The van der Waals surface area contributed by atoms with Crippen molar-refractivity contribution in [1.82, 2.24) is 5.32 Å². The van der Waals surface area contributed by atoms with Crippen LogP contribution in [0, 0.1) is 0 Å². The van der Waals surface area contributed by atoms with E-state index in [1.54, 1.807) is 25.3 Å². The standard InChI is InChI=1S/C20H25ClN2O3/c1-25-17-10-11-19(18(21)13-17)26-16-8-6-15(7-9-16)14-23-20(24)5-3-2-4-12-22/h6-11,13H,2-5,12,14,22H2,1H3,(H,23,24). The second-order valence-electron chi connectivity index (χ2n) is 5.92. The van der Waals surface area contributed by atoms with Gasteiger partial charge in [-0.1, -0.05) is 30.2 Å². The molecule has 0 radical (unpaired) electrons. The highest BCUT2D eigenvalue weighted by atomic mass is 35.5. The van der Waals surface area contributed by atoms with Crippen LogP contribution in [-0.2, 0) is 11.3 Å². The molecule has 0 fully saturated rings. The first-order valence-electron chi connectivity index (χ1n) is 8.69. The molecule has 0 aliphatic rings. The number of nitrogens with two attached hydrogens (primary N) is 1. The predicted molar refractivity (Wildman–Crippen MR) is 104 cm³/mol. The van der Waals surface area contributed by atoms with Gasteiger partial charge in [-0.25, -0.2) is 0 Å². The molecular weight excluding hydrogens is 352 g/mol. The fourth-order valence-electron chi connectivity index (χ4n) is 2.39. The van der Waals surface area contributed by atoms with E-state index in [4.69, 9.17) is 26.8 Å². The molecule has 0 unspecified atom stereocenters. The first-order chi connectivity index (χ1) is 12.6. The number of amides is 1. The molecule has 0 bridgehead atoms. The van der Waals surface area contributed by atoms with Gasteiger partial charge >= 0.3 is 0 Å². The summed E-state index contributed by atoms with van der Waals surface area (Å²) in [5, 5.41) is 3.40. The minimum atomic E-state index is 0.0624. The predicted octanol–water partition coefficient (Wildman–Crippen LogP) is 4.28. The van der Waals surface area contributed by atoms with Crippen molar-refractivity contribution in [3.05, 3.63) is 53.1 Å². The third-order valence-corrected chi connectivity index (χ3v) is 4.18. The van der Waals surface area contributed by atoms with Crippen molar-refractivity contribution < 1.29 is 14.3 Å². The summed E-state index contributed by atoms with van der Waals surface area (Å²) in [6, 6.07) is 12.8. The lowest BCUT2D eigenvalue weighted by Crippen LogP contribution is -2.22. The fraction of sp³-hybridized carbons (Fsp3) is 0.350. The van der Waals surface area contributed by atoms with E-state index in [1.165, 1.54) is 0 Å². The van der Waals surface area contributed by atoms with Gasteiger partial charge in [0.2, 0.25) is 5.91 Å². The van der Waals surface area contributed by atoms with Crippen LogP contribution in [0.2, 0.25) is 5.02 Å². The maximum absolute atomic E-state index is 11.8. The van der Waals surface area contributed by atoms with Crippen LogP contribution in [-0.4, -0.2) is 19.6 Å². The van der Waals surface area contributed by atoms with E-state index in [1.807, 2.05) is 24.3 Å². The Balaban J connectivity index is 1.81. The number of benzene rings is 2. The van der Waals surface area contributed by atoms with E-state index in [0.717, 1.165) is 24.8 Å². The van der Waals surface area contributed by atoms with Crippen molar-refractivity contribution >= 4 is 17.5 Å². The summed E-state index contributed by atoms with van der Waals surface area (Å²) >= 11 is 6.18. The lowest BCUT2D eigenvalue weighted by molar-refractivity contribution is -0.121. The molecule has 0 aromatic heterocycles. The molecular formula is C20H25ClN2O3. The summed E-state index contributed by atoms with van der Waals surface area (Å²) in [5.41, 5.74) is 6.45. The van der Waals surface area contributed by atoms with Crippen LogP contribution in [0.5, 0.6) is 17.2 Å². The Kier molecular flexibility index (Phi) is 8.25. The second kappa shape index (κ2) is 10.7. The fourth-order valence-corrected chi connectivity index (χ4v) is 2.60. The SMILES string of the molecule is COc1ccc(Oc2ccc(CNC(=O)CCCCCN)cc2)c(Cl)c1. The van der Waals surface area contributed by atoms with Crippen LogP contribution in [0.15, 0.2) is 42.5 Å². The summed E-state index contributed by atoms with van der Waals surface area (Å²) in [4.78, 5) is 11.8. The van der Waals surface area contributed by atoms with Gasteiger partial charge in [0.1, 0.15) is 17.2 Å². The number of ether oxygens (including phenoxy) is 2. The van der Waals surface area contributed by atoms with Gasteiger partial charge in [-0.15, -0.1) is 0 Å². The van der Waals surface area contributed by atoms with Gasteiger partial charge in [-0.2, -0.15) is 0 Å². The van der Waals surface area contributed by atoms with Gasteiger partial charge in [0, 0.05) is 19.0 Å². The molecule has 2 rings (SSSR count). The van der Waals surface area contributed by atoms with E-state index in [9.17, 15) is 4.79 Å². The molecule has 2 aromatic rings. The Morgan fingerprint density at radius 2 is 1.81 bits per heavy atom. The van der Waals surface area contributed by atoms with Crippen LogP contribution in [0.1, 0.15) is 31.2 Å². The van der Waals surface area contributed by atoms with Crippen LogP contribution in [0.25, 0.3) is 0 Å². The number of carbonyl (C=O) groups is 1. The van der Waals surface area contributed by atoms with Gasteiger partial charge in [0.25, 0.3) is 0 Å². The zero-order chi connectivity index (χ0) is 18.8. The van der Waals surface area contributed by atoms with Gasteiger partial charge in [0.15, 0.2) is 0 Å². The summed E-state index contributed by atoms with van der Waals surface area (Å²) < 4.78 is 10.9. The van der Waals surface area contributed by atoms with Crippen LogP contribution in [0.4, 0.5) is 0 Å². The largest absolute Gasteiger partial charge is 0.497 e. The molecule has 140 valence electrons. The maximum atomic E-state index is 11.8. The summed E-state index contributed by atoms with van der Waals surface area (Å²) in [6.45, 7) is 1.18. The van der Waals surface area contributed by atoms with Crippen LogP contribution in [0.3, 0.4) is 0 Å². The molecule has 0 atom stereocenters. The van der Waals surface area contributed by atoms with Crippen molar-refractivity contribution in [3.63, 3.8) is 0 Å². The normalized spacial score (nSPS) is 10.4. The summed E-state index contributed by atoms with van der Waals surface area (Å²) in [6.07, 6.45) is 3.37. The zero-order valence-corrected chi connectivity index (χ0v) is 15.7. The van der Waals surface area contributed by atoms with E-state index >= 15 is 0 Å². The molecule has 5 nitrogen and oxygen atoms in total. The van der Waals surface area contributed by atoms with E-state index < -0.39 is 0 Å². The Morgan fingerprint density at radius 1 is 1.08 bits per heavy atom. The minimum Gasteiger partial charge on any atom is -0.497 e. The molecule has 1 amide bonds. The number of methoxy groups -OCH3 is 1. The first-order valence-corrected chi connectivity index (χ1v) is 9.07. The molecule has 2 aromatic carbocycles. The maximum Gasteiger partial charge on any atom is 0.220 e. The Bertz CT molecular complexity index is 705. The molecule has 3 N–H and O–H groups in total. The van der Waals surface area contributed by atoms with Crippen molar-refractivity contribution in [1.29, 1.82) is 0 Å². The molecule has 6 heteroatoms. The first kappa shape index (κ1) is 20.1. The number of unbranched alkanes of at least 4 members (excludes halogenated alkanes) is 2. The van der Waals surface area contributed by atoms with Gasteiger partial charge in [-0.05, 0) is 49.2 Å². The van der Waals surface area contributed by atoms with Crippen LogP contribution < -0.4 is 20.5 Å². The van der Waals surface area contributed by atoms with E-state index in [-0.39, 0.29) is 5.91 Å². The smallest absolute Gasteiger partial charge is 0.220 e. The number of halogens is 1. The van der Waals surface area contributed by atoms with Gasteiger partial charge in [0.05, 0.1) is 12.1 Å². The van der Waals surface area contributed by atoms with E-state index in [0.29, 0.717) is 41.8 Å². The van der Waals surface area contributed by atoms with Crippen molar-refractivity contribution in [2.75, 3.05) is 13.7 Å². The summed E-state index contributed by atoms with van der Waals surface area (Å²) in [7, 11) is 1.59. The van der Waals surface area contributed by atoms with Gasteiger partial charge < -0.3 is 20.5 Å². The number of carbonyl (C=O) groups excluding carboxylic acids is 1. The third-order valence-electron chi connectivity index (χ3n) is 3.89. The molecule has 0 saturated heterocycles. The lowest BCUT2D eigenvalue weighted by Gasteiger charge is -2.10. The van der Waals surface area contributed by atoms with Crippen molar-refractivity contribution in [3.8, 4) is 17.2 Å². The van der Waals surface area contributed by atoms with Crippen molar-refractivity contribution in [2.45, 2.75) is 32.2 Å². The van der Waals surface area contributed by atoms with Crippen molar-refractivity contribution in [2.24, 2.45) is 5.73 Å². The number of nitrogens with one attached hydrogen (secondary N) is 1. The highest BCUT2D eigenvalue weighted by Gasteiger charge is 2.06. The summed E-state index contributed by atoms with van der Waals surface area (Å²) in [5.74, 6) is 1.98. The minimum absolute atomic E-state index is 0.0624. The number of rotatable bonds is 10. The molecule has 26 heavy (non-hydrogen) atoms. The molecule has 0 saturated carbocycles. The average Bonchev–Trinajstić information content (AvgIpc) is 2.66. The molecule has 0 heterocycles. The second-order valence-corrected chi connectivity index (χ2v) is 6.33. The highest BCUT2D eigenvalue weighted by Crippen LogP contribution is 2.32. The average molecular weight is 377 g/mol. The molecule has 0 spiro atoms. The Morgan fingerprint density at radius 3 is 2.46 bits per heavy atom. The highest BCUT2D eigenvalue weighted by molar-refractivity contribution is 6.32. The monoisotopic (exact) mass is 376 g/mol. The molecule has 0 aliphatic carbocycles. The Labute approximate surface area is 159 Å². The van der Waals surface area contributed by atoms with Gasteiger partial charge in [-0.3, -0.25) is 4.79 Å². The third kappa shape index (κ3) is 6.58. The lowest BCUT2D eigenvalue weighted by atomic mass is 10.1. The van der Waals surface area contributed by atoms with Crippen LogP contribution >= 0.6 is 11.6 Å². The quantitative estimate of drug-likeness (QED) is 0.607.